The Balaban J connectivity index is 1.45. The van der Waals surface area contributed by atoms with E-state index in [1.54, 1.807) is 6.20 Å². The first-order chi connectivity index (χ1) is 14.8. The van der Waals surface area contributed by atoms with Crippen LogP contribution >= 0.6 is 0 Å². The fourth-order valence-corrected chi connectivity index (χ4v) is 3.93. The van der Waals surface area contributed by atoms with Crippen LogP contribution in [0.4, 0.5) is 5.82 Å². The molecule has 0 bridgehead atoms. The van der Waals surface area contributed by atoms with Gasteiger partial charge in [0.1, 0.15) is 11.2 Å². The van der Waals surface area contributed by atoms with Crippen molar-refractivity contribution >= 4 is 27.9 Å². The van der Waals surface area contributed by atoms with Gasteiger partial charge in [0.15, 0.2) is 17.3 Å². The summed E-state index contributed by atoms with van der Waals surface area (Å²) in [6.45, 7) is 3.91. The van der Waals surface area contributed by atoms with Crippen LogP contribution in [0.1, 0.15) is 0 Å². The molecule has 1 aliphatic heterocycles. The Morgan fingerprint density at radius 3 is 2.77 bits per heavy atom. The van der Waals surface area contributed by atoms with E-state index in [0.717, 1.165) is 70.9 Å². The van der Waals surface area contributed by atoms with Crippen molar-refractivity contribution in [3.05, 3.63) is 36.9 Å². The molecule has 0 unspecified atom stereocenters. The summed E-state index contributed by atoms with van der Waals surface area (Å²) in [6, 6.07) is 4.01. The summed E-state index contributed by atoms with van der Waals surface area (Å²) in [5.41, 5.74) is 5.21. The molecule has 0 saturated carbocycles. The molecule has 0 aromatic carbocycles. The maximum Gasteiger partial charge on any atom is 0.159 e. The lowest BCUT2D eigenvalue weighted by Crippen LogP contribution is -2.44. The van der Waals surface area contributed by atoms with E-state index in [9.17, 15) is 0 Å². The standard InChI is InChI=1S/C20H20N10/c1-29-4-6-30(7-5-29)20-17-15(2-3-21-20)25-19(26-17)16-14-8-12(13-10-23-24-11-13)9-22-18(14)28-27-16/h2-3,8-11H,4-7H2,1H3,(H,23,24)(H,25,26)(H,22,27,28). The van der Waals surface area contributed by atoms with Gasteiger partial charge in [-0.1, -0.05) is 0 Å². The van der Waals surface area contributed by atoms with Gasteiger partial charge >= 0.3 is 0 Å². The molecule has 10 heteroatoms. The van der Waals surface area contributed by atoms with E-state index in [1.165, 1.54) is 0 Å². The third-order valence-electron chi connectivity index (χ3n) is 5.66. The second-order valence-corrected chi connectivity index (χ2v) is 7.59. The average molecular weight is 400 g/mol. The minimum atomic E-state index is 0.700. The molecular formula is C20H20N10. The predicted molar refractivity (Wildman–Crippen MR) is 114 cm³/mol. The SMILES string of the molecule is CN1CCN(c2nccc3[nH]c(-c4n[nH]c5ncc(-c6cn[nH]c6)cc45)nc23)CC1. The third-order valence-corrected chi connectivity index (χ3v) is 5.66. The number of likely N-dealkylation sites (N-methyl/N-ethyl adjacent to an activating group) is 1. The van der Waals surface area contributed by atoms with Gasteiger partial charge in [-0.2, -0.15) is 10.2 Å². The van der Waals surface area contributed by atoms with Crippen molar-refractivity contribution in [3.63, 3.8) is 0 Å². The maximum absolute atomic E-state index is 4.89. The van der Waals surface area contributed by atoms with Crippen molar-refractivity contribution in [1.29, 1.82) is 0 Å². The lowest BCUT2D eigenvalue weighted by molar-refractivity contribution is 0.312. The molecule has 1 fully saturated rings. The third kappa shape index (κ3) is 2.72. The molecule has 0 amide bonds. The van der Waals surface area contributed by atoms with Crippen molar-refractivity contribution in [2.24, 2.45) is 0 Å². The molecule has 0 aliphatic carbocycles. The summed E-state index contributed by atoms with van der Waals surface area (Å²) in [7, 11) is 2.15. The van der Waals surface area contributed by atoms with Crippen molar-refractivity contribution in [3.8, 4) is 22.6 Å². The van der Waals surface area contributed by atoms with Crippen molar-refractivity contribution in [2.45, 2.75) is 0 Å². The van der Waals surface area contributed by atoms with Crippen LogP contribution in [0.3, 0.4) is 0 Å². The highest BCUT2D eigenvalue weighted by atomic mass is 15.3. The van der Waals surface area contributed by atoms with Crippen molar-refractivity contribution in [2.75, 3.05) is 38.1 Å². The number of hydrogen-bond donors (Lipinski definition) is 3. The summed E-state index contributed by atoms with van der Waals surface area (Å²) in [4.78, 5) is 22.1. The minimum absolute atomic E-state index is 0.700. The Hall–Kier alpha value is -3.79. The Kier molecular flexibility index (Phi) is 3.78. The van der Waals surface area contributed by atoms with Gasteiger partial charge in [-0.25, -0.2) is 15.0 Å². The highest BCUT2D eigenvalue weighted by Crippen LogP contribution is 2.31. The van der Waals surface area contributed by atoms with Crippen LogP contribution in [0.25, 0.3) is 44.7 Å². The van der Waals surface area contributed by atoms with Crippen molar-refractivity contribution in [1.82, 2.24) is 45.2 Å². The number of piperazine rings is 1. The molecule has 0 spiro atoms. The second-order valence-electron chi connectivity index (χ2n) is 7.59. The van der Waals surface area contributed by atoms with Crippen LogP contribution in [0.5, 0.6) is 0 Å². The Labute approximate surface area is 171 Å². The molecule has 6 rings (SSSR count). The largest absolute Gasteiger partial charge is 0.352 e. The van der Waals surface area contributed by atoms with E-state index in [2.05, 4.69) is 58.3 Å². The first-order valence-electron chi connectivity index (χ1n) is 9.88. The number of rotatable bonds is 3. The molecular weight excluding hydrogens is 380 g/mol. The van der Waals surface area contributed by atoms with E-state index in [4.69, 9.17) is 4.98 Å². The van der Waals surface area contributed by atoms with Crippen LogP contribution in [0.2, 0.25) is 0 Å². The Morgan fingerprint density at radius 1 is 1.03 bits per heavy atom. The molecule has 30 heavy (non-hydrogen) atoms. The number of nitrogens with one attached hydrogen (secondary N) is 3. The molecule has 1 aliphatic rings. The number of hydrogen-bond acceptors (Lipinski definition) is 7. The molecule has 150 valence electrons. The predicted octanol–water partition coefficient (Wildman–Crippen LogP) is 2.04. The van der Waals surface area contributed by atoms with E-state index in [-0.39, 0.29) is 0 Å². The molecule has 1 saturated heterocycles. The van der Waals surface area contributed by atoms with E-state index >= 15 is 0 Å². The first-order valence-corrected chi connectivity index (χ1v) is 9.88. The zero-order chi connectivity index (χ0) is 20.1. The van der Waals surface area contributed by atoms with Crippen LogP contribution in [0, 0.1) is 0 Å². The van der Waals surface area contributed by atoms with E-state index in [1.807, 2.05) is 24.7 Å². The highest BCUT2D eigenvalue weighted by molar-refractivity contribution is 5.95. The van der Waals surface area contributed by atoms with Gasteiger partial charge in [0.25, 0.3) is 0 Å². The number of fused-ring (bicyclic) bond motifs is 2. The van der Waals surface area contributed by atoms with Gasteiger partial charge in [-0.05, 0) is 19.2 Å². The van der Waals surface area contributed by atoms with E-state index < -0.39 is 0 Å². The fraction of sp³-hybridized carbons (Fsp3) is 0.250. The molecule has 10 nitrogen and oxygen atoms in total. The Bertz CT molecular complexity index is 1320. The van der Waals surface area contributed by atoms with Crippen molar-refractivity contribution < 1.29 is 0 Å². The summed E-state index contributed by atoms with van der Waals surface area (Å²) in [5.74, 6) is 1.62. The smallest absolute Gasteiger partial charge is 0.159 e. The average Bonchev–Trinajstić information content (AvgIpc) is 3.52. The number of anilines is 1. The molecule has 0 radical (unpaired) electrons. The molecule has 3 N–H and O–H groups in total. The van der Waals surface area contributed by atoms with Crippen LogP contribution in [-0.4, -0.2) is 78.5 Å². The summed E-state index contributed by atoms with van der Waals surface area (Å²) >= 11 is 0. The topological polar surface area (TPSA) is 118 Å². The number of aromatic amines is 3. The number of nitrogens with zero attached hydrogens (tertiary/aromatic N) is 7. The van der Waals surface area contributed by atoms with Gasteiger partial charge in [0, 0.05) is 55.9 Å². The maximum atomic E-state index is 4.89. The zero-order valence-corrected chi connectivity index (χ0v) is 16.4. The summed E-state index contributed by atoms with van der Waals surface area (Å²) < 4.78 is 0. The highest BCUT2D eigenvalue weighted by Gasteiger charge is 2.21. The zero-order valence-electron chi connectivity index (χ0n) is 16.4. The molecule has 5 aromatic rings. The van der Waals surface area contributed by atoms with E-state index in [0.29, 0.717) is 5.82 Å². The second kappa shape index (κ2) is 6.63. The number of pyridine rings is 2. The van der Waals surface area contributed by atoms with Crippen LogP contribution < -0.4 is 4.90 Å². The van der Waals surface area contributed by atoms with Crippen LogP contribution in [0.15, 0.2) is 36.9 Å². The van der Waals surface area contributed by atoms with Gasteiger partial charge in [-0.15, -0.1) is 0 Å². The monoisotopic (exact) mass is 400 g/mol. The van der Waals surface area contributed by atoms with Gasteiger partial charge in [-0.3, -0.25) is 10.2 Å². The summed E-state index contributed by atoms with van der Waals surface area (Å²) in [6.07, 6.45) is 7.26. The minimum Gasteiger partial charge on any atom is -0.352 e. The fourth-order valence-electron chi connectivity index (χ4n) is 3.93. The van der Waals surface area contributed by atoms with Gasteiger partial charge in [0.2, 0.25) is 0 Å². The Morgan fingerprint density at radius 2 is 1.93 bits per heavy atom. The van der Waals surface area contributed by atoms with Gasteiger partial charge < -0.3 is 14.8 Å². The number of imidazole rings is 1. The lowest BCUT2D eigenvalue weighted by atomic mass is 10.1. The normalized spacial score (nSPS) is 15.4. The van der Waals surface area contributed by atoms with Crippen LogP contribution in [-0.2, 0) is 0 Å². The van der Waals surface area contributed by atoms with Gasteiger partial charge in [0.05, 0.1) is 17.1 Å². The molecule has 5 aromatic heterocycles. The number of H-pyrrole nitrogens is 3. The quantitative estimate of drug-likeness (QED) is 0.424. The number of aromatic nitrogens is 8. The molecule has 0 atom stereocenters. The first kappa shape index (κ1) is 17.1. The lowest BCUT2D eigenvalue weighted by Gasteiger charge is -2.33. The summed E-state index contributed by atoms with van der Waals surface area (Å²) in [5, 5.41) is 15.3. The molecule has 6 heterocycles.